The number of nitrogens with one attached hydrogen (secondary N) is 1. The Labute approximate surface area is 162 Å². The molecule has 0 radical (unpaired) electrons. The number of rotatable bonds is 7. The van der Waals surface area contributed by atoms with Crippen molar-refractivity contribution in [1.29, 1.82) is 0 Å². The fraction of sp³-hybridized carbons (Fsp3) is 0.238. The number of ether oxygens (including phenoxy) is 1. The van der Waals surface area contributed by atoms with Gasteiger partial charge in [-0.15, -0.1) is 0 Å². The van der Waals surface area contributed by atoms with Gasteiger partial charge in [0.05, 0.1) is 6.42 Å². The molecule has 7 heteroatoms. The van der Waals surface area contributed by atoms with Gasteiger partial charge in [0.25, 0.3) is 11.8 Å². The molecule has 3 rings (SSSR count). The smallest absolute Gasteiger partial charge is 0.308 e. The van der Waals surface area contributed by atoms with E-state index in [-0.39, 0.29) is 30.9 Å². The maximum atomic E-state index is 12.1. The number of aromatic nitrogens is 2. The van der Waals surface area contributed by atoms with Crippen LogP contribution >= 0.6 is 0 Å². The van der Waals surface area contributed by atoms with Crippen molar-refractivity contribution in [2.75, 3.05) is 0 Å². The Kier molecular flexibility index (Phi) is 6.16. The number of hydrogen-bond donors (Lipinski definition) is 1. The number of hydrogen-bond acceptors (Lipinski definition) is 6. The molecule has 2 aromatic carbocycles. The van der Waals surface area contributed by atoms with Gasteiger partial charge >= 0.3 is 5.97 Å². The van der Waals surface area contributed by atoms with Gasteiger partial charge in [-0.3, -0.25) is 9.59 Å². The summed E-state index contributed by atoms with van der Waals surface area (Å²) in [6.45, 7) is 3.62. The van der Waals surface area contributed by atoms with Crippen LogP contribution in [0.4, 0.5) is 0 Å². The van der Waals surface area contributed by atoms with Crippen LogP contribution in [0.1, 0.15) is 35.2 Å². The summed E-state index contributed by atoms with van der Waals surface area (Å²) in [5, 5.41) is 6.66. The number of nitrogens with zero attached hydrogens (tertiary/aromatic N) is 2. The molecule has 1 atom stereocenters. The molecule has 144 valence electrons. The van der Waals surface area contributed by atoms with E-state index >= 15 is 0 Å². The summed E-state index contributed by atoms with van der Waals surface area (Å²) < 4.78 is 10.3. The number of carbonyl (C=O) groups is 2. The lowest BCUT2D eigenvalue weighted by molar-refractivity contribution is -0.146. The Morgan fingerprint density at radius 3 is 2.54 bits per heavy atom. The number of esters is 1. The average Bonchev–Trinajstić information content (AvgIpc) is 3.16. The molecule has 1 aromatic heterocycles. The number of carbonyl (C=O) groups excluding carboxylic acids is 2. The minimum Gasteiger partial charge on any atom is -0.455 e. The lowest BCUT2D eigenvalue weighted by atomic mass is 10.1. The van der Waals surface area contributed by atoms with Crippen molar-refractivity contribution in [3.05, 3.63) is 71.6 Å². The second-order valence-corrected chi connectivity index (χ2v) is 6.48. The number of aryl methyl sites for hydroxylation is 1. The zero-order chi connectivity index (χ0) is 19.9. The molecule has 7 nitrogen and oxygen atoms in total. The van der Waals surface area contributed by atoms with E-state index in [9.17, 15) is 9.59 Å². The van der Waals surface area contributed by atoms with Crippen molar-refractivity contribution in [3.63, 3.8) is 0 Å². The fourth-order valence-corrected chi connectivity index (χ4v) is 2.53. The van der Waals surface area contributed by atoms with Gasteiger partial charge in [0, 0.05) is 17.2 Å². The first-order valence-electron chi connectivity index (χ1n) is 8.92. The Morgan fingerprint density at radius 1 is 1.11 bits per heavy atom. The summed E-state index contributed by atoms with van der Waals surface area (Å²) in [6, 6.07) is 16.1. The van der Waals surface area contributed by atoms with Crippen molar-refractivity contribution in [2.45, 2.75) is 32.9 Å². The SMILES string of the molecule is Cc1ccc(-c2noc(COC(=O)CC(C)NC(=O)c3ccccc3)n2)cc1. The van der Waals surface area contributed by atoms with E-state index in [1.54, 1.807) is 31.2 Å². The predicted octanol–water partition coefficient (Wildman–Crippen LogP) is 3.30. The summed E-state index contributed by atoms with van der Waals surface area (Å²) in [4.78, 5) is 28.3. The minimum absolute atomic E-state index is 0.0392. The van der Waals surface area contributed by atoms with Gasteiger partial charge in [0.2, 0.25) is 5.82 Å². The van der Waals surface area contributed by atoms with Crippen molar-refractivity contribution in [1.82, 2.24) is 15.5 Å². The highest BCUT2D eigenvalue weighted by atomic mass is 16.6. The molecule has 0 bridgehead atoms. The molecule has 3 aromatic rings. The van der Waals surface area contributed by atoms with E-state index in [2.05, 4.69) is 15.5 Å². The molecule has 1 amide bonds. The number of amides is 1. The monoisotopic (exact) mass is 379 g/mol. The fourth-order valence-electron chi connectivity index (χ4n) is 2.53. The summed E-state index contributed by atoms with van der Waals surface area (Å²) >= 11 is 0. The first-order chi connectivity index (χ1) is 13.5. The lowest BCUT2D eigenvalue weighted by Gasteiger charge is -2.13. The molecular weight excluding hydrogens is 358 g/mol. The van der Waals surface area contributed by atoms with Gasteiger partial charge in [0.15, 0.2) is 6.61 Å². The summed E-state index contributed by atoms with van der Waals surface area (Å²) in [5.41, 5.74) is 2.50. The summed E-state index contributed by atoms with van der Waals surface area (Å²) in [7, 11) is 0. The molecule has 0 spiro atoms. The molecule has 0 fully saturated rings. The highest BCUT2D eigenvalue weighted by Gasteiger charge is 2.16. The first-order valence-corrected chi connectivity index (χ1v) is 8.92. The molecule has 1 unspecified atom stereocenters. The van der Waals surface area contributed by atoms with E-state index in [1.807, 2.05) is 37.3 Å². The van der Waals surface area contributed by atoms with E-state index in [4.69, 9.17) is 9.26 Å². The maximum absolute atomic E-state index is 12.1. The van der Waals surface area contributed by atoms with Crippen LogP contribution in [0.5, 0.6) is 0 Å². The second kappa shape index (κ2) is 8.94. The van der Waals surface area contributed by atoms with E-state index in [0.717, 1.165) is 11.1 Å². The van der Waals surface area contributed by atoms with Crippen LogP contribution in [-0.4, -0.2) is 28.1 Å². The third-order valence-corrected chi connectivity index (χ3v) is 4.02. The van der Waals surface area contributed by atoms with Gasteiger partial charge in [0.1, 0.15) is 0 Å². The van der Waals surface area contributed by atoms with Crippen LogP contribution in [0.2, 0.25) is 0 Å². The Morgan fingerprint density at radius 2 is 1.82 bits per heavy atom. The van der Waals surface area contributed by atoms with Crippen molar-refractivity contribution in [3.8, 4) is 11.4 Å². The van der Waals surface area contributed by atoms with Crippen LogP contribution in [0.25, 0.3) is 11.4 Å². The number of benzene rings is 2. The highest BCUT2D eigenvalue weighted by Crippen LogP contribution is 2.16. The molecule has 0 saturated heterocycles. The lowest BCUT2D eigenvalue weighted by Crippen LogP contribution is -2.34. The molecule has 28 heavy (non-hydrogen) atoms. The standard InChI is InChI=1S/C21H21N3O4/c1-14-8-10-16(11-9-14)20-23-18(28-24-20)13-27-19(25)12-15(2)22-21(26)17-6-4-3-5-7-17/h3-11,15H,12-13H2,1-2H3,(H,22,26). The quantitative estimate of drug-likeness (QED) is 0.633. The van der Waals surface area contributed by atoms with Crippen molar-refractivity contribution in [2.24, 2.45) is 0 Å². The highest BCUT2D eigenvalue weighted by molar-refractivity contribution is 5.94. The maximum Gasteiger partial charge on any atom is 0.308 e. The van der Waals surface area contributed by atoms with Gasteiger partial charge in [-0.1, -0.05) is 53.2 Å². The first kappa shape index (κ1) is 19.3. The van der Waals surface area contributed by atoms with E-state index < -0.39 is 5.97 Å². The van der Waals surface area contributed by atoms with Gasteiger partial charge < -0.3 is 14.6 Å². The van der Waals surface area contributed by atoms with Crippen molar-refractivity contribution < 1.29 is 18.8 Å². The van der Waals surface area contributed by atoms with Crippen LogP contribution < -0.4 is 5.32 Å². The zero-order valence-electron chi connectivity index (χ0n) is 15.7. The molecule has 1 N–H and O–H groups in total. The van der Waals surface area contributed by atoms with Gasteiger partial charge in [-0.05, 0) is 26.0 Å². The predicted molar refractivity (Wildman–Crippen MR) is 102 cm³/mol. The van der Waals surface area contributed by atoms with Gasteiger partial charge in [-0.25, -0.2) is 0 Å². The summed E-state index contributed by atoms with van der Waals surface area (Å²) in [5.74, 6) is -0.0454. The van der Waals surface area contributed by atoms with Crippen LogP contribution in [0.15, 0.2) is 59.1 Å². The van der Waals surface area contributed by atoms with Crippen molar-refractivity contribution >= 4 is 11.9 Å². The van der Waals surface area contributed by atoms with Crippen LogP contribution in [0, 0.1) is 6.92 Å². The Balaban J connectivity index is 1.46. The third kappa shape index (κ3) is 5.26. The third-order valence-electron chi connectivity index (χ3n) is 4.02. The molecule has 0 aliphatic carbocycles. The van der Waals surface area contributed by atoms with Gasteiger partial charge in [-0.2, -0.15) is 4.98 Å². The zero-order valence-corrected chi connectivity index (χ0v) is 15.7. The van der Waals surface area contributed by atoms with Crippen LogP contribution in [0.3, 0.4) is 0 Å². The minimum atomic E-state index is -0.462. The molecule has 0 aliphatic rings. The van der Waals surface area contributed by atoms with Crippen LogP contribution in [-0.2, 0) is 16.1 Å². The Hall–Kier alpha value is -3.48. The molecule has 1 heterocycles. The topological polar surface area (TPSA) is 94.3 Å². The largest absolute Gasteiger partial charge is 0.455 e. The van der Waals surface area contributed by atoms with E-state index in [1.165, 1.54) is 0 Å². The molecular formula is C21H21N3O4. The Bertz CT molecular complexity index is 936. The second-order valence-electron chi connectivity index (χ2n) is 6.48. The molecule has 0 saturated carbocycles. The van der Waals surface area contributed by atoms with E-state index in [0.29, 0.717) is 11.4 Å². The average molecular weight is 379 g/mol. The molecule has 0 aliphatic heterocycles. The normalized spacial score (nSPS) is 11.6. The summed E-state index contributed by atoms with van der Waals surface area (Å²) in [6.07, 6.45) is 0.0392.